The summed E-state index contributed by atoms with van der Waals surface area (Å²) in [5.74, 6) is 0. The van der Waals surface area contributed by atoms with Crippen LogP contribution in [-0.4, -0.2) is 34.8 Å². The maximum absolute atomic E-state index is 4.22. The lowest BCUT2D eigenvalue weighted by molar-refractivity contribution is 0.129. The number of halogens is 1. The number of rotatable bonds is 1. The molecule has 1 aliphatic rings. The van der Waals surface area contributed by atoms with Crippen molar-refractivity contribution >= 4 is 15.9 Å². The van der Waals surface area contributed by atoms with E-state index >= 15 is 0 Å². The summed E-state index contributed by atoms with van der Waals surface area (Å²) in [7, 11) is 2.12. The molecular formula is C7H10BrN3. The fourth-order valence-electron chi connectivity index (χ4n) is 1.39. The third-order valence-electron chi connectivity index (χ3n) is 2.01. The monoisotopic (exact) mass is 215 g/mol. The van der Waals surface area contributed by atoms with E-state index in [1.807, 2.05) is 16.9 Å². The van der Waals surface area contributed by atoms with E-state index < -0.39 is 0 Å². The van der Waals surface area contributed by atoms with Crippen LogP contribution in [0.1, 0.15) is 6.04 Å². The molecular weight excluding hydrogens is 206 g/mol. The quantitative estimate of drug-likeness (QED) is 0.701. The first kappa shape index (κ1) is 7.31. The molecule has 2 heterocycles. The summed E-state index contributed by atoms with van der Waals surface area (Å²) in [6.45, 7) is 2.22. The highest BCUT2D eigenvalue weighted by Crippen LogP contribution is 2.22. The lowest BCUT2D eigenvalue weighted by atomic mass is 10.1. The van der Waals surface area contributed by atoms with Crippen LogP contribution < -0.4 is 0 Å². The fraction of sp³-hybridized carbons (Fsp3) is 0.571. The van der Waals surface area contributed by atoms with Gasteiger partial charge in [0.2, 0.25) is 0 Å². The molecule has 60 valence electrons. The molecule has 1 aliphatic heterocycles. The second-order valence-corrected chi connectivity index (χ2v) is 3.79. The molecule has 1 aromatic heterocycles. The van der Waals surface area contributed by atoms with Crippen molar-refractivity contribution in [3.05, 3.63) is 16.9 Å². The molecule has 0 N–H and O–H groups in total. The smallest absolute Gasteiger partial charge is 0.104 e. The minimum atomic E-state index is 0.573. The first-order chi connectivity index (χ1) is 5.27. The maximum atomic E-state index is 4.22. The standard InChI is InChI=1S/C7H10BrN3/c1-10-4-6(5-10)11-7(8)2-3-9-11/h2-3,6H,4-5H2,1H3. The van der Waals surface area contributed by atoms with Crippen LogP contribution in [0.5, 0.6) is 0 Å². The van der Waals surface area contributed by atoms with Crippen LogP contribution in [-0.2, 0) is 0 Å². The topological polar surface area (TPSA) is 21.1 Å². The Morgan fingerprint density at radius 2 is 2.36 bits per heavy atom. The van der Waals surface area contributed by atoms with Gasteiger partial charge in [0.05, 0.1) is 12.2 Å². The first-order valence-corrected chi connectivity index (χ1v) is 4.44. The van der Waals surface area contributed by atoms with E-state index in [0.29, 0.717) is 6.04 Å². The highest BCUT2D eigenvalue weighted by Gasteiger charge is 2.26. The molecule has 1 aromatic rings. The summed E-state index contributed by atoms with van der Waals surface area (Å²) in [4.78, 5) is 2.28. The van der Waals surface area contributed by atoms with Crippen molar-refractivity contribution in [3.63, 3.8) is 0 Å². The lowest BCUT2D eigenvalue weighted by Crippen LogP contribution is -2.45. The van der Waals surface area contributed by atoms with Gasteiger partial charge in [-0.1, -0.05) is 0 Å². The van der Waals surface area contributed by atoms with Gasteiger partial charge in [0, 0.05) is 13.1 Å². The summed E-state index contributed by atoms with van der Waals surface area (Å²) >= 11 is 3.44. The van der Waals surface area contributed by atoms with Gasteiger partial charge in [0.1, 0.15) is 4.60 Å². The molecule has 11 heavy (non-hydrogen) atoms. The molecule has 0 atom stereocenters. The lowest BCUT2D eigenvalue weighted by Gasteiger charge is -2.36. The van der Waals surface area contributed by atoms with Gasteiger partial charge in [-0.2, -0.15) is 5.10 Å². The number of likely N-dealkylation sites (tertiary alicyclic amines) is 1. The van der Waals surface area contributed by atoms with Crippen molar-refractivity contribution < 1.29 is 0 Å². The van der Waals surface area contributed by atoms with E-state index in [0.717, 1.165) is 17.7 Å². The minimum Gasteiger partial charge on any atom is -0.302 e. The molecule has 0 saturated carbocycles. The predicted octanol–water partition coefficient (Wildman–Crippen LogP) is 1.13. The van der Waals surface area contributed by atoms with Crippen LogP contribution in [0.2, 0.25) is 0 Å². The van der Waals surface area contributed by atoms with E-state index in [1.54, 1.807) is 0 Å². The molecule has 1 fully saturated rings. The van der Waals surface area contributed by atoms with E-state index in [4.69, 9.17) is 0 Å². The van der Waals surface area contributed by atoms with Crippen LogP contribution in [0.4, 0.5) is 0 Å². The van der Waals surface area contributed by atoms with Gasteiger partial charge in [-0.05, 0) is 29.0 Å². The van der Waals surface area contributed by atoms with E-state index in [-0.39, 0.29) is 0 Å². The number of aromatic nitrogens is 2. The van der Waals surface area contributed by atoms with Crippen LogP contribution in [0.15, 0.2) is 16.9 Å². The highest BCUT2D eigenvalue weighted by atomic mass is 79.9. The molecule has 2 rings (SSSR count). The van der Waals surface area contributed by atoms with Gasteiger partial charge < -0.3 is 4.90 Å². The number of likely N-dealkylation sites (N-methyl/N-ethyl adjacent to an activating group) is 1. The van der Waals surface area contributed by atoms with Crippen molar-refractivity contribution in [2.24, 2.45) is 0 Å². The molecule has 0 bridgehead atoms. The van der Waals surface area contributed by atoms with Gasteiger partial charge >= 0.3 is 0 Å². The normalized spacial score (nSPS) is 20.2. The first-order valence-electron chi connectivity index (χ1n) is 3.65. The third-order valence-corrected chi connectivity index (χ3v) is 2.64. The summed E-state index contributed by atoms with van der Waals surface area (Å²) in [5, 5.41) is 4.22. The van der Waals surface area contributed by atoms with Crippen molar-refractivity contribution in [3.8, 4) is 0 Å². The summed E-state index contributed by atoms with van der Waals surface area (Å²) in [5.41, 5.74) is 0. The molecule has 0 aliphatic carbocycles. The minimum absolute atomic E-state index is 0.573. The van der Waals surface area contributed by atoms with Gasteiger partial charge in [-0.25, -0.2) is 0 Å². The molecule has 4 heteroatoms. The second-order valence-electron chi connectivity index (χ2n) is 2.97. The summed E-state index contributed by atoms with van der Waals surface area (Å²) in [6.07, 6.45) is 1.82. The van der Waals surface area contributed by atoms with E-state index in [1.165, 1.54) is 0 Å². The Kier molecular flexibility index (Phi) is 1.73. The Bertz CT molecular complexity index is 252. The maximum Gasteiger partial charge on any atom is 0.104 e. The Labute approximate surface area is 74.1 Å². The van der Waals surface area contributed by atoms with Crippen molar-refractivity contribution in [2.45, 2.75) is 6.04 Å². The Morgan fingerprint density at radius 3 is 2.82 bits per heavy atom. The van der Waals surface area contributed by atoms with Crippen LogP contribution >= 0.6 is 15.9 Å². The Morgan fingerprint density at radius 1 is 1.64 bits per heavy atom. The van der Waals surface area contributed by atoms with Crippen molar-refractivity contribution in [2.75, 3.05) is 20.1 Å². The number of hydrogen-bond acceptors (Lipinski definition) is 2. The van der Waals surface area contributed by atoms with Crippen LogP contribution in [0.3, 0.4) is 0 Å². The number of nitrogens with zero attached hydrogens (tertiary/aromatic N) is 3. The largest absolute Gasteiger partial charge is 0.302 e. The van der Waals surface area contributed by atoms with Gasteiger partial charge in [0.25, 0.3) is 0 Å². The zero-order chi connectivity index (χ0) is 7.84. The number of hydrogen-bond donors (Lipinski definition) is 0. The van der Waals surface area contributed by atoms with Gasteiger partial charge in [0.15, 0.2) is 0 Å². The Hall–Kier alpha value is -0.350. The zero-order valence-electron chi connectivity index (χ0n) is 6.37. The molecule has 0 aromatic carbocycles. The molecule has 0 radical (unpaired) electrons. The Balaban J connectivity index is 2.12. The summed E-state index contributed by atoms with van der Waals surface area (Å²) in [6, 6.07) is 2.54. The highest BCUT2D eigenvalue weighted by molar-refractivity contribution is 9.10. The van der Waals surface area contributed by atoms with Crippen molar-refractivity contribution in [1.82, 2.24) is 14.7 Å². The van der Waals surface area contributed by atoms with Crippen LogP contribution in [0.25, 0.3) is 0 Å². The third kappa shape index (κ3) is 1.20. The average Bonchev–Trinajstić information content (AvgIpc) is 2.29. The molecule has 0 unspecified atom stereocenters. The molecule has 1 saturated heterocycles. The fourth-order valence-corrected chi connectivity index (χ4v) is 1.89. The SMILES string of the molecule is CN1CC(n2nccc2Br)C1. The van der Waals surface area contributed by atoms with E-state index in [2.05, 4.69) is 33.0 Å². The molecule has 3 nitrogen and oxygen atoms in total. The van der Waals surface area contributed by atoms with Crippen LogP contribution in [0, 0.1) is 0 Å². The second kappa shape index (κ2) is 2.60. The predicted molar refractivity (Wildman–Crippen MR) is 46.5 cm³/mol. The summed E-state index contributed by atoms with van der Waals surface area (Å²) < 4.78 is 3.11. The zero-order valence-corrected chi connectivity index (χ0v) is 7.95. The van der Waals surface area contributed by atoms with Gasteiger partial charge in [-0.3, -0.25) is 4.68 Å². The molecule has 0 spiro atoms. The average molecular weight is 216 g/mol. The van der Waals surface area contributed by atoms with Crippen molar-refractivity contribution in [1.29, 1.82) is 0 Å². The molecule has 0 amide bonds. The van der Waals surface area contributed by atoms with E-state index in [9.17, 15) is 0 Å². The van der Waals surface area contributed by atoms with Gasteiger partial charge in [-0.15, -0.1) is 0 Å².